The molecule has 0 radical (unpaired) electrons. The second kappa shape index (κ2) is 6.41. The van der Waals surface area contributed by atoms with Crippen molar-refractivity contribution in [3.63, 3.8) is 0 Å². The van der Waals surface area contributed by atoms with Crippen molar-refractivity contribution in [1.82, 2.24) is 5.32 Å². The Bertz CT molecular complexity index is 472. The molecule has 1 aliphatic carbocycles. The molecule has 1 fully saturated rings. The van der Waals surface area contributed by atoms with E-state index >= 15 is 0 Å². The number of terminal acetylenes is 1. The second-order valence-corrected chi connectivity index (χ2v) is 5.28. The van der Waals surface area contributed by atoms with Crippen LogP contribution in [-0.4, -0.2) is 12.6 Å². The minimum atomic E-state index is -0.266. The Hall–Kier alpha value is -1.77. The van der Waals surface area contributed by atoms with Gasteiger partial charge in [0.15, 0.2) is 0 Å². The molecule has 1 aromatic carbocycles. The first-order valence-corrected chi connectivity index (χ1v) is 6.94. The lowest BCUT2D eigenvalue weighted by Gasteiger charge is -2.43. The van der Waals surface area contributed by atoms with Gasteiger partial charge in [-0.3, -0.25) is 0 Å². The topological polar surface area (TPSA) is 35.8 Å². The number of nitriles is 1. The molecule has 0 bridgehead atoms. The van der Waals surface area contributed by atoms with Crippen LogP contribution in [0.1, 0.15) is 37.7 Å². The molecular formula is C17H20N2. The molecule has 0 saturated heterocycles. The van der Waals surface area contributed by atoms with Crippen molar-refractivity contribution in [1.29, 1.82) is 5.26 Å². The lowest BCUT2D eigenvalue weighted by Crippen LogP contribution is -2.51. The van der Waals surface area contributed by atoms with Gasteiger partial charge in [0.05, 0.1) is 11.5 Å². The van der Waals surface area contributed by atoms with Gasteiger partial charge in [-0.1, -0.05) is 30.3 Å². The summed E-state index contributed by atoms with van der Waals surface area (Å²) in [6.45, 7) is 1.00. The van der Waals surface area contributed by atoms with Gasteiger partial charge >= 0.3 is 0 Å². The lowest BCUT2D eigenvalue weighted by atomic mass is 9.62. The van der Waals surface area contributed by atoms with Gasteiger partial charge in [0.1, 0.15) is 0 Å². The van der Waals surface area contributed by atoms with Crippen LogP contribution in [0.3, 0.4) is 0 Å². The van der Waals surface area contributed by atoms with Crippen molar-refractivity contribution in [2.24, 2.45) is 0 Å². The molecule has 0 unspecified atom stereocenters. The van der Waals surface area contributed by atoms with Crippen LogP contribution in [0.2, 0.25) is 0 Å². The van der Waals surface area contributed by atoms with Crippen LogP contribution in [0, 0.1) is 23.7 Å². The molecule has 0 aliphatic heterocycles. The van der Waals surface area contributed by atoms with Crippen molar-refractivity contribution in [3.8, 4) is 18.4 Å². The molecule has 19 heavy (non-hydrogen) atoms. The predicted molar refractivity (Wildman–Crippen MR) is 77.4 cm³/mol. The van der Waals surface area contributed by atoms with Crippen LogP contribution in [0.5, 0.6) is 0 Å². The maximum atomic E-state index is 9.45. The first kappa shape index (κ1) is 13.7. The van der Waals surface area contributed by atoms with Crippen molar-refractivity contribution < 1.29 is 0 Å². The Morgan fingerprint density at radius 3 is 2.63 bits per heavy atom. The van der Waals surface area contributed by atoms with Crippen LogP contribution >= 0.6 is 0 Å². The van der Waals surface area contributed by atoms with Gasteiger partial charge in [-0.2, -0.15) is 5.26 Å². The highest BCUT2D eigenvalue weighted by atomic mass is 14.9. The number of benzene rings is 1. The highest BCUT2D eigenvalue weighted by molar-refractivity contribution is 5.36. The summed E-state index contributed by atoms with van der Waals surface area (Å²) < 4.78 is 0. The van der Waals surface area contributed by atoms with Crippen LogP contribution in [-0.2, 0) is 5.41 Å². The molecule has 0 heterocycles. The van der Waals surface area contributed by atoms with Gasteiger partial charge < -0.3 is 5.32 Å². The number of nitrogens with one attached hydrogen (secondary N) is 1. The van der Waals surface area contributed by atoms with E-state index in [0.717, 1.165) is 44.2 Å². The van der Waals surface area contributed by atoms with Gasteiger partial charge in [-0.15, -0.1) is 12.3 Å². The third-order valence-corrected chi connectivity index (χ3v) is 3.91. The Morgan fingerprint density at radius 1 is 1.26 bits per heavy atom. The average molecular weight is 252 g/mol. The fraction of sp³-hybridized carbons (Fsp3) is 0.471. The molecule has 98 valence electrons. The van der Waals surface area contributed by atoms with E-state index in [4.69, 9.17) is 6.42 Å². The van der Waals surface area contributed by atoms with Gasteiger partial charge in [-0.05, 0) is 37.8 Å². The smallest absolute Gasteiger partial charge is 0.0852 e. The number of unbranched alkanes of at least 4 members (excludes halogenated alkanes) is 2. The molecule has 0 atom stereocenters. The molecule has 1 N–H and O–H groups in total. The summed E-state index contributed by atoms with van der Waals surface area (Å²) in [6, 6.07) is 13.1. The maximum absolute atomic E-state index is 9.45. The zero-order chi connectivity index (χ0) is 13.6. The fourth-order valence-electron chi connectivity index (χ4n) is 2.73. The highest BCUT2D eigenvalue weighted by Crippen LogP contribution is 2.43. The van der Waals surface area contributed by atoms with E-state index in [1.807, 2.05) is 18.2 Å². The third kappa shape index (κ3) is 3.16. The second-order valence-electron chi connectivity index (χ2n) is 5.28. The largest absolute Gasteiger partial charge is 0.314 e. The van der Waals surface area contributed by atoms with Crippen LogP contribution in [0.15, 0.2) is 30.3 Å². The van der Waals surface area contributed by atoms with Gasteiger partial charge in [-0.25, -0.2) is 0 Å². The van der Waals surface area contributed by atoms with E-state index < -0.39 is 0 Å². The molecule has 2 nitrogen and oxygen atoms in total. The number of hydrogen-bond donors (Lipinski definition) is 1. The zero-order valence-corrected chi connectivity index (χ0v) is 11.2. The van der Waals surface area contributed by atoms with Crippen molar-refractivity contribution >= 4 is 0 Å². The molecule has 1 saturated carbocycles. The van der Waals surface area contributed by atoms with Gasteiger partial charge in [0.25, 0.3) is 0 Å². The van der Waals surface area contributed by atoms with E-state index in [2.05, 4.69) is 29.4 Å². The summed E-state index contributed by atoms with van der Waals surface area (Å²) in [5.74, 6) is 2.66. The summed E-state index contributed by atoms with van der Waals surface area (Å²) in [7, 11) is 0. The average Bonchev–Trinajstić information content (AvgIpc) is 2.42. The molecule has 2 heteroatoms. The number of hydrogen-bond acceptors (Lipinski definition) is 2. The van der Waals surface area contributed by atoms with E-state index in [1.165, 1.54) is 0 Å². The molecule has 2 rings (SSSR count). The van der Waals surface area contributed by atoms with E-state index in [-0.39, 0.29) is 5.41 Å². The number of rotatable bonds is 6. The molecule has 1 aliphatic rings. The van der Waals surface area contributed by atoms with Crippen molar-refractivity contribution in [2.45, 2.75) is 43.6 Å². The minimum Gasteiger partial charge on any atom is -0.314 e. The van der Waals surface area contributed by atoms with Crippen molar-refractivity contribution in [3.05, 3.63) is 35.9 Å². The lowest BCUT2D eigenvalue weighted by molar-refractivity contribution is 0.226. The first-order chi connectivity index (χ1) is 9.30. The maximum Gasteiger partial charge on any atom is 0.0852 e. The van der Waals surface area contributed by atoms with Crippen LogP contribution in [0.25, 0.3) is 0 Å². The van der Waals surface area contributed by atoms with Crippen LogP contribution in [0.4, 0.5) is 0 Å². The molecular weight excluding hydrogens is 232 g/mol. The standard InChI is InChI=1S/C17H20N2/c1-2-3-4-8-11-19-16-12-17(13-16,14-18)15-9-6-5-7-10-15/h1,5-7,9-10,16,19H,3-4,8,11-13H2. The summed E-state index contributed by atoms with van der Waals surface area (Å²) in [5, 5.41) is 13.0. The predicted octanol–water partition coefficient (Wildman–Crippen LogP) is 3.00. The van der Waals surface area contributed by atoms with E-state index in [9.17, 15) is 5.26 Å². The van der Waals surface area contributed by atoms with E-state index in [1.54, 1.807) is 0 Å². The molecule has 0 spiro atoms. The molecule has 0 amide bonds. The minimum absolute atomic E-state index is 0.266. The Labute approximate surface area is 115 Å². The Kier molecular flexibility index (Phi) is 4.61. The summed E-state index contributed by atoms with van der Waals surface area (Å²) in [4.78, 5) is 0. The SMILES string of the molecule is C#CCCCCNC1CC(C#N)(c2ccccc2)C1. The summed E-state index contributed by atoms with van der Waals surface area (Å²) in [6.07, 6.45) is 10.1. The van der Waals surface area contributed by atoms with Crippen LogP contribution < -0.4 is 5.32 Å². The Morgan fingerprint density at radius 2 is 2.00 bits per heavy atom. The monoisotopic (exact) mass is 252 g/mol. The summed E-state index contributed by atoms with van der Waals surface area (Å²) >= 11 is 0. The van der Waals surface area contributed by atoms with Gasteiger partial charge in [0, 0.05) is 12.5 Å². The zero-order valence-electron chi connectivity index (χ0n) is 11.2. The molecule has 0 aromatic heterocycles. The Balaban J connectivity index is 1.78. The van der Waals surface area contributed by atoms with Crippen molar-refractivity contribution in [2.75, 3.05) is 6.54 Å². The van der Waals surface area contributed by atoms with E-state index in [0.29, 0.717) is 6.04 Å². The summed E-state index contributed by atoms with van der Waals surface area (Å²) in [5.41, 5.74) is 0.889. The first-order valence-electron chi connectivity index (χ1n) is 6.94. The quantitative estimate of drug-likeness (QED) is 0.624. The fourth-order valence-corrected chi connectivity index (χ4v) is 2.73. The molecule has 1 aromatic rings. The third-order valence-electron chi connectivity index (χ3n) is 3.91. The number of nitrogens with zero attached hydrogens (tertiary/aromatic N) is 1. The normalized spacial score (nSPS) is 25.1. The van der Waals surface area contributed by atoms with Gasteiger partial charge in [0.2, 0.25) is 0 Å². The highest BCUT2D eigenvalue weighted by Gasteiger charge is 2.45.